The van der Waals surface area contributed by atoms with Gasteiger partial charge in [-0.05, 0) is 52.0 Å². The fourth-order valence-electron chi connectivity index (χ4n) is 4.26. The molecule has 1 aromatic rings. The number of rotatable bonds is 1. The molecule has 2 bridgehead atoms. The molecule has 0 aromatic carbocycles. The molecule has 0 radical (unpaired) electrons. The van der Waals surface area contributed by atoms with Crippen LogP contribution in [0.3, 0.4) is 0 Å². The SMILES string of the molecule is CN1C2CCC1CC(c1nc3c(s1)C(N)CCC3)C2. The van der Waals surface area contributed by atoms with E-state index >= 15 is 0 Å². The third-order valence-electron chi connectivity index (χ3n) is 5.46. The van der Waals surface area contributed by atoms with Crippen molar-refractivity contribution in [1.82, 2.24) is 9.88 Å². The minimum absolute atomic E-state index is 0.262. The minimum atomic E-state index is 0.262. The Labute approximate surface area is 119 Å². The molecule has 1 aliphatic carbocycles. The lowest BCUT2D eigenvalue weighted by Gasteiger charge is -2.35. The van der Waals surface area contributed by atoms with E-state index in [0.29, 0.717) is 5.92 Å². The van der Waals surface area contributed by atoms with Gasteiger partial charge in [0.15, 0.2) is 0 Å². The summed E-state index contributed by atoms with van der Waals surface area (Å²) in [5.41, 5.74) is 7.56. The predicted octanol–water partition coefficient (Wildman–Crippen LogP) is 2.82. The molecular weight excluding hydrogens is 254 g/mol. The number of fused-ring (bicyclic) bond motifs is 3. The average molecular weight is 277 g/mol. The van der Waals surface area contributed by atoms with Gasteiger partial charge in [-0.3, -0.25) is 0 Å². The molecule has 3 aliphatic rings. The summed E-state index contributed by atoms with van der Waals surface area (Å²) in [4.78, 5) is 8.97. The van der Waals surface area contributed by atoms with Crippen LogP contribution in [0.1, 0.15) is 66.1 Å². The Balaban J connectivity index is 1.60. The monoisotopic (exact) mass is 277 g/mol. The Kier molecular flexibility index (Phi) is 2.94. The van der Waals surface area contributed by atoms with Gasteiger partial charge >= 0.3 is 0 Å². The molecule has 0 spiro atoms. The molecule has 0 amide bonds. The molecule has 4 rings (SSSR count). The van der Waals surface area contributed by atoms with Crippen molar-refractivity contribution in [3.63, 3.8) is 0 Å². The van der Waals surface area contributed by atoms with Crippen LogP contribution in [-0.2, 0) is 6.42 Å². The van der Waals surface area contributed by atoms with Crippen molar-refractivity contribution in [2.24, 2.45) is 5.73 Å². The number of thiazole rings is 1. The zero-order chi connectivity index (χ0) is 13.0. The molecule has 2 fully saturated rings. The second-order valence-electron chi connectivity index (χ2n) is 6.58. The molecule has 2 N–H and O–H groups in total. The van der Waals surface area contributed by atoms with Gasteiger partial charge < -0.3 is 10.6 Å². The van der Waals surface area contributed by atoms with Crippen LogP contribution >= 0.6 is 11.3 Å². The quantitative estimate of drug-likeness (QED) is 0.858. The Morgan fingerprint density at radius 3 is 2.63 bits per heavy atom. The van der Waals surface area contributed by atoms with Gasteiger partial charge in [-0.25, -0.2) is 4.98 Å². The van der Waals surface area contributed by atoms with E-state index in [-0.39, 0.29) is 6.04 Å². The van der Waals surface area contributed by atoms with Crippen molar-refractivity contribution in [3.05, 3.63) is 15.6 Å². The minimum Gasteiger partial charge on any atom is -0.323 e. The first-order valence-electron chi connectivity index (χ1n) is 7.69. The number of aryl methyl sites for hydroxylation is 1. The molecule has 104 valence electrons. The molecule has 3 atom stereocenters. The highest BCUT2D eigenvalue weighted by Gasteiger charge is 2.40. The molecular formula is C15H23N3S. The van der Waals surface area contributed by atoms with Crippen LogP contribution in [0.5, 0.6) is 0 Å². The van der Waals surface area contributed by atoms with Crippen molar-refractivity contribution in [2.45, 2.75) is 69.0 Å². The fraction of sp³-hybridized carbons (Fsp3) is 0.800. The van der Waals surface area contributed by atoms with Crippen LogP contribution in [0, 0.1) is 0 Å². The molecule has 3 unspecified atom stereocenters. The summed E-state index contributed by atoms with van der Waals surface area (Å²) >= 11 is 1.93. The number of hydrogen-bond donors (Lipinski definition) is 1. The van der Waals surface area contributed by atoms with Crippen molar-refractivity contribution < 1.29 is 0 Å². The van der Waals surface area contributed by atoms with Gasteiger partial charge in [-0.2, -0.15) is 0 Å². The highest BCUT2D eigenvalue weighted by atomic mass is 32.1. The molecule has 0 saturated carbocycles. The lowest BCUT2D eigenvalue weighted by molar-refractivity contribution is 0.161. The van der Waals surface area contributed by atoms with E-state index in [0.717, 1.165) is 24.9 Å². The molecule has 2 saturated heterocycles. The predicted molar refractivity (Wildman–Crippen MR) is 78.5 cm³/mol. The normalized spacial score (nSPS) is 38.4. The maximum atomic E-state index is 6.24. The average Bonchev–Trinajstić information content (AvgIpc) is 2.89. The lowest BCUT2D eigenvalue weighted by atomic mass is 9.91. The van der Waals surface area contributed by atoms with Crippen molar-refractivity contribution in [1.29, 1.82) is 0 Å². The highest BCUT2D eigenvalue weighted by molar-refractivity contribution is 7.12. The van der Waals surface area contributed by atoms with Gasteiger partial charge in [-0.15, -0.1) is 11.3 Å². The fourth-order valence-corrected chi connectivity index (χ4v) is 5.53. The Hall–Kier alpha value is -0.450. The maximum absolute atomic E-state index is 6.24. The summed E-state index contributed by atoms with van der Waals surface area (Å²) in [6.07, 6.45) is 8.93. The third-order valence-corrected chi connectivity index (χ3v) is 6.85. The number of nitrogens with two attached hydrogens (primary N) is 1. The lowest BCUT2D eigenvalue weighted by Crippen LogP contribution is -2.39. The van der Waals surface area contributed by atoms with E-state index in [1.165, 1.54) is 47.7 Å². The maximum Gasteiger partial charge on any atom is 0.0963 e. The van der Waals surface area contributed by atoms with Crippen LogP contribution in [0.25, 0.3) is 0 Å². The molecule has 3 nitrogen and oxygen atoms in total. The van der Waals surface area contributed by atoms with E-state index in [4.69, 9.17) is 10.7 Å². The van der Waals surface area contributed by atoms with E-state index < -0.39 is 0 Å². The number of nitrogens with zero attached hydrogens (tertiary/aromatic N) is 2. The standard InChI is InChI=1S/C15H23N3S/c1-18-10-5-6-11(18)8-9(7-10)15-17-13-4-2-3-12(16)14(13)19-15/h9-12H,2-8,16H2,1H3. The summed E-state index contributed by atoms with van der Waals surface area (Å²) < 4.78 is 0. The van der Waals surface area contributed by atoms with Gasteiger partial charge in [-0.1, -0.05) is 0 Å². The summed E-state index contributed by atoms with van der Waals surface area (Å²) in [7, 11) is 2.31. The molecule has 19 heavy (non-hydrogen) atoms. The zero-order valence-corrected chi connectivity index (χ0v) is 12.5. The Morgan fingerprint density at radius 1 is 1.21 bits per heavy atom. The van der Waals surface area contributed by atoms with Crippen LogP contribution in [0.2, 0.25) is 0 Å². The van der Waals surface area contributed by atoms with Crippen LogP contribution in [0.4, 0.5) is 0 Å². The van der Waals surface area contributed by atoms with E-state index in [9.17, 15) is 0 Å². The van der Waals surface area contributed by atoms with Crippen LogP contribution in [-0.4, -0.2) is 29.0 Å². The van der Waals surface area contributed by atoms with Crippen LogP contribution in [0.15, 0.2) is 0 Å². The van der Waals surface area contributed by atoms with Gasteiger partial charge in [0.2, 0.25) is 0 Å². The van der Waals surface area contributed by atoms with E-state index in [1.807, 2.05) is 11.3 Å². The smallest absolute Gasteiger partial charge is 0.0963 e. The highest BCUT2D eigenvalue weighted by Crippen LogP contribution is 2.45. The first-order valence-corrected chi connectivity index (χ1v) is 8.51. The molecule has 2 aliphatic heterocycles. The molecule has 3 heterocycles. The van der Waals surface area contributed by atoms with Gasteiger partial charge in [0, 0.05) is 28.9 Å². The van der Waals surface area contributed by atoms with E-state index in [2.05, 4.69) is 11.9 Å². The van der Waals surface area contributed by atoms with Gasteiger partial charge in [0.05, 0.1) is 10.7 Å². The Morgan fingerprint density at radius 2 is 1.95 bits per heavy atom. The van der Waals surface area contributed by atoms with Crippen LogP contribution < -0.4 is 5.73 Å². The topological polar surface area (TPSA) is 42.2 Å². The molecule has 4 heteroatoms. The van der Waals surface area contributed by atoms with Gasteiger partial charge in [0.1, 0.15) is 0 Å². The summed E-state index contributed by atoms with van der Waals surface area (Å²) in [6.45, 7) is 0. The van der Waals surface area contributed by atoms with Crippen molar-refractivity contribution >= 4 is 11.3 Å². The van der Waals surface area contributed by atoms with Crippen molar-refractivity contribution in [2.75, 3.05) is 7.05 Å². The summed E-state index contributed by atoms with van der Waals surface area (Å²) in [6, 6.07) is 1.87. The largest absolute Gasteiger partial charge is 0.323 e. The second kappa shape index (κ2) is 4.54. The van der Waals surface area contributed by atoms with E-state index in [1.54, 1.807) is 0 Å². The van der Waals surface area contributed by atoms with Crippen molar-refractivity contribution in [3.8, 4) is 0 Å². The molecule has 1 aromatic heterocycles. The first kappa shape index (κ1) is 12.3. The second-order valence-corrected chi connectivity index (χ2v) is 7.64. The van der Waals surface area contributed by atoms with Gasteiger partial charge in [0.25, 0.3) is 0 Å². The Bertz CT molecular complexity index is 470. The third kappa shape index (κ3) is 1.96. The summed E-state index contributed by atoms with van der Waals surface area (Å²) in [5, 5.41) is 1.40. The zero-order valence-electron chi connectivity index (χ0n) is 11.6. The number of aromatic nitrogens is 1. The number of hydrogen-bond acceptors (Lipinski definition) is 4. The number of piperidine rings is 1. The first-order chi connectivity index (χ1) is 9.22. The summed E-state index contributed by atoms with van der Waals surface area (Å²) in [5.74, 6) is 0.705.